The average molecular weight is 857 g/mol. The molecule has 1 aliphatic carbocycles. The first-order valence-corrected chi connectivity index (χ1v) is 21.3. The summed E-state index contributed by atoms with van der Waals surface area (Å²) < 4.78 is 43.8. The fraction of sp³-hybridized carbons (Fsp3) is 0.400. The van der Waals surface area contributed by atoms with Gasteiger partial charge in [0, 0.05) is 63.0 Å². The zero-order chi connectivity index (χ0) is 42.3. The topological polar surface area (TPSA) is 132 Å². The van der Waals surface area contributed by atoms with Crippen LogP contribution in [0.3, 0.4) is 0 Å². The van der Waals surface area contributed by atoms with E-state index in [4.69, 9.17) is 35.5 Å². The number of carboxylic acids is 1. The number of aliphatic carboxylic acids is 1. The summed E-state index contributed by atoms with van der Waals surface area (Å²) in [4.78, 5) is 31.5. The number of hydrogen-bond acceptors (Lipinski definition) is 12. The summed E-state index contributed by atoms with van der Waals surface area (Å²) in [6.45, 7) is 11.1. The van der Waals surface area contributed by atoms with Crippen molar-refractivity contribution >= 4 is 39.2 Å². The van der Waals surface area contributed by atoms with E-state index in [0.29, 0.717) is 51.1 Å². The van der Waals surface area contributed by atoms with Crippen LogP contribution in [0.1, 0.15) is 62.4 Å². The minimum atomic E-state index is -1.31. The zero-order valence-corrected chi connectivity index (χ0v) is 36.1. The number of piperazine rings is 1. The lowest BCUT2D eigenvalue weighted by atomic mass is 9.79. The molecule has 1 saturated heterocycles. The first-order chi connectivity index (χ1) is 29.0. The molecule has 1 N–H and O–H groups in total. The van der Waals surface area contributed by atoms with E-state index in [0.717, 1.165) is 79.1 Å². The number of fused-ring (bicyclic) bond motifs is 1. The Morgan fingerprint density at radius 2 is 1.88 bits per heavy atom. The minimum Gasteiger partial charge on any atom is -0.496 e. The van der Waals surface area contributed by atoms with Crippen LogP contribution >= 0.6 is 23.1 Å². The van der Waals surface area contributed by atoms with Crippen LogP contribution < -0.4 is 14.2 Å². The monoisotopic (exact) mass is 856 g/mol. The average Bonchev–Trinajstić information content (AvgIpc) is 3.64. The molecule has 316 valence electrons. The molecule has 2 aromatic carbocycles. The molecule has 3 aromatic heterocycles. The van der Waals surface area contributed by atoms with Gasteiger partial charge in [-0.05, 0) is 99.2 Å². The molecule has 1 saturated carbocycles. The summed E-state index contributed by atoms with van der Waals surface area (Å²) >= 11 is 8.27. The van der Waals surface area contributed by atoms with Crippen molar-refractivity contribution in [3.63, 3.8) is 0 Å². The standard InChI is InChI=1S/C45H50ClFN6O6S/c1-6-8-30(28(3)58-26-32-15-16-48-43(50-32)34-24-31(47)11-13-35(34)56-5)23-37(45(54)55)59-44-40-38(60-51-44)25-49-42(29-9-7-10-29)39(40)33-12-14-36(41(46)27(33)2)57-22-21-53-19-17-52(4)18-20-53/h6,8,11-16,24-25,29,37H,7,9-10,17-23,26H2,1-5H3,(H,54,55)/b8-6-,30-28-/t37-/m1/s1. The maximum Gasteiger partial charge on any atom is 0.345 e. The third-order valence-electron chi connectivity index (χ3n) is 11.2. The van der Waals surface area contributed by atoms with Crippen LogP contribution in [0.25, 0.3) is 32.6 Å². The predicted octanol–water partition coefficient (Wildman–Crippen LogP) is 9.11. The van der Waals surface area contributed by atoms with Crippen molar-refractivity contribution in [3.05, 3.63) is 100 Å². The van der Waals surface area contributed by atoms with Crippen LogP contribution in [0.15, 0.2) is 72.3 Å². The second kappa shape index (κ2) is 19.5. The second-order valence-corrected chi connectivity index (χ2v) is 16.3. The Labute approximate surface area is 358 Å². The Morgan fingerprint density at radius 3 is 2.60 bits per heavy atom. The molecular formula is C45H50ClFN6O6S. The minimum absolute atomic E-state index is 0.0129. The van der Waals surface area contributed by atoms with E-state index in [-0.39, 0.29) is 30.7 Å². The number of carboxylic acid groups (broad SMARTS) is 1. The Balaban J connectivity index is 1.14. The molecule has 2 fully saturated rings. The highest BCUT2D eigenvalue weighted by Crippen LogP contribution is 2.48. The lowest BCUT2D eigenvalue weighted by Gasteiger charge is -2.32. The number of allylic oxidation sites excluding steroid dienone is 3. The Kier molecular flexibility index (Phi) is 14.0. The predicted molar refractivity (Wildman–Crippen MR) is 232 cm³/mol. The first-order valence-electron chi connectivity index (χ1n) is 20.2. The highest BCUT2D eigenvalue weighted by molar-refractivity contribution is 7.13. The number of aromatic nitrogens is 4. The molecule has 4 heterocycles. The van der Waals surface area contributed by atoms with Crippen LogP contribution in [0, 0.1) is 12.7 Å². The van der Waals surface area contributed by atoms with Crippen LogP contribution in [-0.4, -0.2) is 99.8 Å². The van der Waals surface area contributed by atoms with Crippen LogP contribution in [-0.2, 0) is 16.1 Å². The van der Waals surface area contributed by atoms with Gasteiger partial charge in [0.25, 0.3) is 0 Å². The van der Waals surface area contributed by atoms with Crippen LogP contribution in [0.5, 0.6) is 17.4 Å². The highest BCUT2D eigenvalue weighted by Gasteiger charge is 2.31. The van der Waals surface area contributed by atoms with Gasteiger partial charge in [0.15, 0.2) is 5.82 Å². The zero-order valence-electron chi connectivity index (χ0n) is 34.5. The fourth-order valence-corrected chi connectivity index (χ4v) is 8.37. The number of hydrogen-bond donors (Lipinski definition) is 1. The number of halogens is 2. The molecule has 0 unspecified atom stereocenters. The Hall–Kier alpha value is -5.15. The van der Waals surface area contributed by atoms with Gasteiger partial charge in [0.05, 0.1) is 44.9 Å². The fourth-order valence-electron chi connectivity index (χ4n) is 7.45. The molecule has 0 spiro atoms. The number of ether oxygens (including phenoxy) is 4. The van der Waals surface area contributed by atoms with E-state index < -0.39 is 17.9 Å². The van der Waals surface area contributed by atoms with Gasteiger partial charge in [0.2, 0.25) is 12.0 Å². The lowest BCUT2D eigenvalue weighted by Crippen LogP contribution is -2.45. The van der Waals surface area contributed by atoms with E-state index in [9.17, 15) is 14.3 Å². The van der Waals surface area contributed by atoms with Crippen molar-refractivity contribution in [1.82, 2.24) is 29.1 Å². The smallest absolute Gasteiger partial charge is 0.345 e. The highest BCUT2D eigenvalue weighted by atomic mass is 35.5. The summed E-state index contributed by atoms with van der Waals surface area (Å²) in [5, 5.41) is 11.8. The Morgan fingerprint density at radius 1 is 1.10 bits per heavy atom. The van der Waals surface area contributed by atoms with E-state index in [1.54, 1.807) is 25.3 Å². The number of benzene rings is 2. The largest absolute Gasteiger partial charge is 0.496 e. The van der Waals surface area contributed by atoms with Gasteiger partial charge in [-0.15, -0.1) is 0 Å². The van der Waals surface area contributed by atoms with Crippen molar-refractivity contribution in [2.24, 2.45) is 0 Å². The summed E-state index contributed by atoms with van der Waals surface area (Å²) in [5.74, 6) is 0.710. The number of likely N-dealkylation sites (N-methyl/N-ethyl adjacent to an activating group) is 1. The number of nitrogens with zero attached hydrogens (tertiary/aromatic N) is 6. The van der Waals surface area contributed by atoms with Gasteiger partial charge in [-0.1, -0.05) is 36.2 Å². The molecule has 0 amide bonds. The lowest BCUT2D eigenvalue weighted by molar-refractivity contribution is -0.145. The van der Waals surface area contributed by atoms with Crippen molar-refractivity contribution < 1.29 is 33.2 Å². The van der Waals surface area contributed by atoms with Gasteiger partial charge in [-0.25, -0.2) is 19.2 Å². The third kappa shape index (κ3) is 9.73. The third-order valence-corrected chi connectivity index (χ3v) is 12.4. The molecular weight excluding hydrogens is 807 g/mol. The molecule has 0 radical (unpaired) electrons. The summed E-state index contributed by atoms with van der Waals surface area (Å²) in [6, 6.07) is 9.78. The van der Waals surface area contributed by atoms with Crippen molar-refractivity contribution in [2.75, 3.05) is 53.5 Å². The molecule has 1 aliphatic heterocycles. The molecule has 0 bridgehead atoms. The van der Waals surface area contributed by atoms with Gasteiger partial charge in [-0.3, -0.25) is 9.88 Å². The molecule has 1 atom stereocenters. The number of methoxy groups -OCH3 is 1. The van der Waals surface area contributed by atoms with Gasteiger partial charge in [-0.2, -0.15) is 4.37 Å². The maximum atomic E-state index is 14.1. The normalized spacial score (nSPS) is 16.1. The molecule has 7 rings (SSSR count). The molecule has 12 nitrogen and oxygen atoms in total. The molecule has 2 aliphatic rings. The second-order valence-electron chi connectivity index (χ2n) is 15.2. The summed E-state index contributed by atoms with van der Waals surface area (Å²) in [6.07, 6.45) is 8.80. The summed E-state index contributed by atoms with van der Waals surface area (Å²) in [7, 11) is 3.64. The summed E-state index contributed by atoms with van der Waals surface area (Å²) in [5.41, 5.74) is 5.07. The van der Waals surface area contributed by atoms with E-state index in [1.807, 2.05) is 38.3 Å². The van der Waals surface area contributed by atoms with E-state index in [2.05, 4.69) is 31.2 Å². The van der Waals surface area contributed by atoms with Gasteiger partial charge in [0.1, 0.15) is 30.5 Å². The molecule has 60 heavy (non-hydrogen) atoms. The first kappa shape index (κ1) is 43.0. The molecule has 15 heteroatoms. The quantitative estimate of drug-likeness (QED) is 0.0707. The van der Waals surface area contributed by atoms with Gasteiger partial charge < -0.3 is 29.0 Å². The van der Waals surface area contributed by atoms with Crippen LogP contribution in [0.4, 0.5) is 4.39 Å². The van der Waals surface area contributed by atoms with Crippen molar-refractivity contribution in [3.8, 4) is 39.9 Å². The van der Waals surface area contributed by atoms with Crippen LogP contribution in [0.2, 0.25) is 5.02 Å². The van der Waals surface area contributed by atoms with E-state index in [1.165, 1.54) is 36.8 Å². The molecule has 5 aromatic rings. The number of pyridine rings is 1. The van der Waals surface area contributed by atoms with Gasteiger partial charge >= 0.3 is 5.97 Å². The van der Waals surface area contributed by atoms with E-state index >= 15 is 0 Å². The number of carbonyl (C=O) groups is 1. The van der Waals surface area contributed by atoms with Crippen molar-refractivity contribution in [2.45, 2.75) is 65.1 Å². The Bertz CT molecular complexity index is 2400. The van der Waals surface area contributed by atoms with Crippen molar-refractivity contribution in [1.29, 1.82) is 0 Å². The number of rotatable bonds is 17. The SMILES string of the molecule is C/C=C\C(C[C@@H](Oc1nsc2cnc(C3CCC3)c(-c3ccc(OCCN4CCN(C)CC4)c(Cl)c3C)c12)C(=O)O)=C(/C)OCc1ccnc(-c2cc(F)ccc2OC)n1. The maximum absolute atomic E-state index is 14.1.